The second-order valence-corrected chi connectivity index (χ2v) is 14.9. The van der Waals surface area contributed by atoms with Crippen molar-refractivity contribution in [3.63, 3.8) is 0 Å². The number of carbonyl (C=O) groups is 4. The van der Waals surface area contributed by atoms with Crippen molar-refractivity contribution in [2.24, 2.45) is 5.41 Å². The number of hydrogen-bond acceptors (Lipinski definition) is 7. The Morgan fingerprint density at radius 2 is 1.57 bits per heavy atom. The van der Waals surface area contributed by atoms with Gasteiger partial charge in [-0.25, -0.2) is 0 Å². The quantitative estimate of drug-likeness (QED) is 0.246. The lowest BCUT2D eigenvalue weighted by molar-refractivity contribution is -0.147. The van der Waals surface area contributed by atoms with Gasteiger partial charge >= 0.3 is 0 Å². The minimum atomic E-state index is -1.64. The van der Waals surface area contributed by atoms with E-state index >= 15 is 0 Å². The lowest BCUT2D eigenvalue weighted by atomic mass is 9.85. The van der Waals surface area contributed by atoms with E-state index in [9.17, 15) is 24.3 Å². The Hall–Kier alpha value is -4.09. The normalized spacial score (nSPS) is 17.0. The van der Waals surface area contributed by atoms with Crippen LogP contribution in [0.5, 0.6) is 5.75 Å². The highest BCUT2D eigenvalue weighted by molar-refractivity contribution is 7.99. The van der Waals surface area contributed by atoms with Gasteiger partial charge in [-0.05, 0) is 49.6 Å². The minimum Gasteiger partial charge on any atom is -0.483 e. The molecule has 1 heterocycles. The molecular weight excluding hydrogens is 616 g/mol. The minimum absolute atomic E-state index is 0.147. The molecular formula is C36H46N4O6S. The Morgan fingerprint density at radius 1 is 0.915 bits per heavy atom. The van der Waals surface area contributed by atoms with Crippen LogP contribution in [-0.4, -0.2) is 81.6 Å². The molecule has 1 saturated heterocycles. The zero-order valence-electron chi connectivity index (χ0n) is 27.9. The average molecular weight is 663 g/mol. The number of aliphatic hydroxyl groups is 1. The van der Waals surface area contributed by atoms with Gasteiger partial charge in [0.2, 0.25) is 11.8 Å². The van der Waals surface area contributed by atoms with Crippen molar-refractivity contribution in [3.05, 3.63) is 78.4 Å². The number of hydrogen-bond donors (Lipinski definition) is 4. The van der Waals surface area contributed by atoms with Gasteiger partial charge < -0.3 is 30.7 Å². The molecule has 0 unspecified atom stereocenters. The number of rotatable bonds is 11. The van der Waals surface area contributed by atoms with Crippen molar-refractivity contribution in [2.45, 2.75) is 77.7 Å². The first-order valence-electron chi connectivity index (χ1n) is 15.8. The number of fused-ring (bicyclic) bond motifs is 1. The summed E-state index contributed by atoms with van der Waals surface area (Å²) in [6, 6.07) is 19.7. The fourth-order valence-corrected chi connectivity index (χ4v) is 6.55. The summed E-state index contributed by atoms with van der Waals surface area (Å²) in [7, 11) is 0. The van der Waals surface area contributed by atoms with Gasteiger partial charge in [-0.1, -0.05) is 87.5 Å². The van der Waals surface area contributed by atoms with Crippen molar-refractivity contribution in [3.8, 4) is 5.75 Å². The molecule has 1 fully saturated rings. The molecule has 0 aromatic heterocycles. The van der Waals surface area contributed by atoms with E-state index in [0.717, 1.165) is 16.3 Å². The molecule has 0 aliphatic carbocycles. The second-order valence-electron chi connectivity index (χ2n) is 13.9. The standard InChI is InChI=1S/C36H46N4O6S/c1-35(2,3)31(38-29(41)20-46-28-18-12-16-24-15-10-11-17-25(24)28)33(44)37-26(19-23-13-8-7-9-14-23)30(42)34(45)40-22-47-21-27(40)32(43)39-36(4,5)6/h7-18,26-27,30-31,42H,19-22H2,1-6H3,(H,37,44)(H,38,41)(H,39,43)/t26-,27+,30-,31+/m0/s1. The van der Waals surface area contributed by atoms with E-state index in [-0.39, 0.29) is 24.8 Å². The van der Waals surface area contributed by atoms with Gasteiger partial charge in [-0.2, -0.15) is 0 Å². The van der Waals surface area contributed by atoms with E-state index in [0.29, 0.717) is 11.5 Å². The largest absolute Gasteiger partial charge is 0.483 e. The molecule has 1 aliphatic heterocycles. The molecule has 3 aromatic carbocycles. The third kappa shape index (κ3) is 9.71. The SMILES string of the molecule is CC(C)(C)NC(=O)[C@H]1CSCN1C(=O)[C@@H](O)[C@H](Cc1ccccc1)NC(=O)[C@@H](NC(=O)COc1cccc2ccccc12)C(C)(C)C. The maximum Gasteiger partial charge on any atom is 0.258 e. The number of carbonyl (C=O) groups excluding carboxylic acids is 4. The monoisotopic (exact) mass is 662 g/mol. The van der Waals surface area contributed by atoms with Gasteiger partial charge in [0.05, 0.1) is 11.9 Å². The van der Waals surface area contributed by atoms with Crippen LogP contribution in [0.3, 0.4) is 0 Å². The van der Waals surface area contributed by atoms with Gasteiger partial charge in [-0.3, -0.25) is 19.2 Å². The van der Waals surface area contributed by atoms with E-state index in [4.69, 9.17) is 4.74 Å². The van der Waals surface area contributed by atoms with Crippen molar-refractivity contribution < 1.29 is 29.0 Å². The molecule has 1 aliphatic rings. The van der Waals surface area contributed by atoms with E-state index in [1.54, 1.807) is 6.07 Å². The zero-order valence-corrected chi connectivity index (χ0v) is 28.7. The molecule has 252 valence electrons. The molecule has 0 saturated carbocycles. The number of nitrogens with zero attached hydrogens (tertiary/aromatic N) is 1. The second kappa shape index (κ2) is 15.2. The van der Waals surface area contributed by atoms with Crippen LogP contribution in [0.1, 0.15) is 47.1 Å². The maximum absolute atomic E-state index is 13.9. The lowest BCUT2D eigenvalue weighted by Gasteiger charge is -2.34. The number of benzene rings is 3. The number of aliphatic hydroxyl groups excluding tert-OH is 1. The molecule has 0 radical (unpaired) electrons. The molecule has 4 atom stereocenters. The molecule has 0 bridgehead atoms. The van der Waals surface area contributed by atoms with E-state index < -0.39 is 52.9 Å². The Balaban J connectivity index is 1.50. The van der Waals surface area contributed by atoms with Crippen molar-refractivity contribution >= 4 is 46.2 Å². The average Bonchev–Trinajstić information content (AvgIpc) is 3.51. The number of thioether (sulfide) groups is 1. The first-order chi connectivity index (χ1) is 22.1. The van der Waals surface area contributed by atoms with Gasteiger partial charge in [0.15, 0.2) is 12.7 Å². The van der Waals surface area contributed by atoms with Crippen LogP contribution >= 0.6 is 11.8 Å². The molecule has 3 aromatic rings. The molecule has 11 heteroatoms. The highest BCUT2D eigenvalue weighted by atomic mass is 32.2. The molecule has 4 rings (SSSR count). The summed E-state index contributed by atoms with van der Waals surface area (Å²) in [4.78, 5) is 55.2. The van der Waals surface area contributed by atoms with Crippen molar-refractivity contribution in [1.29, 1.82) is 0 Å². The fraction of sp³-hybridized carbons (Fsp3) is 0.444. The first-order valence-corrected chi connectivity index (χ1v) is 16.9. The van der Waals surface area contributed by atoms with Crippen molar-refractivity contribution in [1.82, 2.24) is 20.9 Å². The van der Waals surface area contributed by atoms with Gasteiger partial charge in [0, 0.05) is 16.7 Å². The Morgan fingerprint density at radius 3 is 2.26 bits per heavy atom. The van der Waals surface area contributed by atoms with E-state index in [1.165, 1.54) is 16.7 Å². The van der Waals surface area contributed by atoms with Crippen LogP contribution < -0.4 is 20.7 Å². The van der Waals surface area contributed by atoms with Gasteiger partial charge in [0.25, 0.3) is 11.8 Å². The van der Waals surface area contributed by atoms with Crippen LogP contribution in [0.2, 0.25) is 0 Å². The Bertz CT molecular complexity index is 1560. The molecule has 47 heavy (non-hydrogen) atoms. The van der Waals surface area contributed by atoms with Crippen LogP contribution in [0.25, 0.3) is 10.8 Å². The molecule has 0 spiro atoms. The predicted octanol–water partition coefficient (Wildman–Crippen LogP) is 3.65. The number of ether oxygens (including phenoxy) is 1. The zero-order chi connectivity index (χ0) is 34.4. The van der Waals surface area contributed by atoms with E-state index in [1.807, 2.05) is 108 Å². The first kappa shape index (κ1) is 35.8. The summed E-state index contributed by atoms with van der Waals surface area (Å²) >= 11 is 1.42. The summed E-state index contributed by atoms with van der Waals surface area (Å²) in [5.74, 6) is -0.809. The topological polar surface area (TPSA) is 137 Å². The van der Waals surface area contributed by atoms with Crippen LogP contribution in [0, 0.1) is 5.41 Å². The fourth-order valence-electron chi connectivity index (χ4n) is 5.39. The smallest absolute Gasteiger partial charge is 0.258 e. The number of nitrogens with one attached hydrogen (secondary N) is 3. The summed E-state index contributed by atoms with van der Waals surface area (Å²) in [5.41, 5.74) is -0.427. The van der Waals surface area contributed by atoms with Gasteiger partial charge in [0.1, 0.15) is 17.8 Å². The van der Waals surface area contributed by atoms with Crippen LogP contribution in [-0.2, 0) is 25.6 Å². The predicted molar refractivity (Wildman–Crippen MR) is 185 cm³/mol. The Kier molecular flexibility index (Phi) is 11.6. The third-order valence-corrected chi connectivity index (χ3v) is 8.78. The van der Waals surface area contributed by atoms with Gasteiger partial charge in [-0.15, -0.1) is 11.8 Å². The lowest BCUT2D eigenvalue weighted by Crippen LogP contribution is -2.61. The summed E-state index contributed by atoms with van der Waals surface area (Å²) in [5, 5.41) is 21.9. The third-order valence-electron chi connectivity index (χ3n) is 7.77. The molecule has 4 N–H and O–H groups in total. The highest BCUT2D eigenvalue weighted by Gasteiger charge is 2.42. The van der Waals surface area contributed by atoms with Crippen molar-refractivity contribution in [2.75, 3.05) is 18.2 Å². The number of amides is 4. The summed E-state index contributed by atoms with van der Waals surface area (Å²) < 4.78 is 5.85. The highest BCUT2D eigenvalue weighted by Crippen LogP contribution is 2.26. The van der Waals surface area contributed by atoms with E-state index in [2.05, 4.69) is 16.0 Å². The maximum atomic E-state index is 13.9. The summed E-state index contributed by atoms with van der Waals surface area (Å²) in [6.07, 6.45) is -1.50. The summed E-state index contributed by atoms with van der Waals surface area (Å²) in [6.45, 7) is 10.7. The molecule has 4 amide bonds. The Labute approximate surface area is 281 Å². The van der Waals surface area contributed by atoms with Crippen LogP contribution in [0.15, 0.2) is 72.8 Å². The van der Waals surface area contributed by atoms with Crippen LogP contribution in [0.4, 0.5) is 0 Å². The molecule has 10 nitrogen and oxygen atoms in total.